The van der Waals surface area contributed by atoms with Crippen LogP contribution < -0.4 is 5.32 Å². The van der Waals surface area contributed by atoms with E-state index in [1.165, 1.54) is 18.6 Å². The van der Waals surface area contributed by atoms with Crippen LogP contribution in [0.15, 0.2) is 18.2 Å². The van der Waals surface area contributed by atoms with Gasteiger partial charge in [-0.05, 0) is 43.0 Å². The van der Waals surface area contributed by atoms with E-state index < -0.39 is 0 Å². The molecule has 1 aliphatic carbocycles. The van der Waals surface area contributed by atoms with Crippen LogP contribution in [0.25, 0.3) is 0 Å². The molecule has 15 heavy (non-hydrogen) atoms. The molecule has 1 N–H and O–H groups in total. The van der Waals surface area contributed by atoms with Crippen LogP contribution in [0.5, 0.6) is 0 Å². The van der Waals surface area contributed by atoms with Gasteiger partial charge in [-0.15, -0.1) is 0 Å². The topological polar surface area (TPSA) is 12.0 Å². The highest BCUT2D eigenvalue weighted by Gasteiger charge is 2.31. The summed E-state index contributed by atoms with van der Waals surface area (Å²) < 4.78 is 26.0. The van der Waals surface area contributed by atoms with E-state index in [1.807, 2.05) is 0 Å². The zero-order valence-corrected chi connectivity index (χ0v) is 8.76. The van der Waals surface area contributed by atoms with Crippen molar-refractivity contribution in [3.63, 3.8) is 0 Å². The van der Waals surface area contributed by atoms with Crippen molar-refractivity contribution in [3.05, 3.63) is 35.4 Å². The lowest BCUT2D eigenvalue weighted by atomic mass is 10.2. The summed E-state index contributed by atoms with van der Waals surface area (Å²) in [4.78, 5) is 0. The molecule has 82 valence electrons. The van der Waals surface area contributed by atoms with Crippen LogP contribution in [-0.2, 0) is 6.54 Å². The van der Waals surface area contributed by atoms with Gasteiger partial charge in [-0.2, -0.15) is 0 Å². The van der Waals surface area contributed by atoms with Crippen LogP contribution in [0, 0.1) is 23.5 Å². The van der Waals surface area contributed by atoms with Gasteiger partial charge in [0.15, 0.2) is 0 Å². The molecular formula is C12H15F2N. The van der Waals surface area contributed by atoms with E-state index in [0.717, 1.165) is 24.4 Å². The molecule has 3 heteroatoms. The minimum Gasteiger partial charge on any atom is -0.312 e. The number of rotatable bonds is 4. The van der Waals surface area contributed by atoms with Crippen molar-refractivity contribution < 1.29 is 8.78 Å². The van der Waals surface area contributed by atoms with Crippen molar-refractivity contribution in [1.29, 1.82) is 0 Å². The fourth-order valence-corrected chi connectivity index (χ4v) is 1.75. The highest BCUT2D eigenvalue weighted by molar-refractivity contribution is 5.18. The van der Waals surface area contributed by atoms with Gasteiger partial charge in [-0.1, -0.05) is 6.92 Å². The maximum Gasteiger partial charge on any atom is 0.127 e. The molecule has 2 atom stereocenters. The Hall–Kier alpha value is -0.960. The van der Waals surface area contributed by atoms with E-state index in [4.69, 9.17) is 0 Å². The fourth-order valence-electron chi connectivity index (χ4n) is 1.75. The predicted octanol–water partition coefficient (Wildman–Crippen LogP) is 2.71. The zero-order valence-electron chi connectivity index (χ0n) is 8.76. The van der Waals surface area contributed by atoms with Crippen LogP contribution in [0.1, 0.15) is 18.9 Å². The number of hydrogen-bond donors (Lipinski definition) is 1. The summed E-state index contributed by atoms with van der Waals surface area (Å²) in [7, 11) is 0. The lowest BCUT2D eigenvalue weighted by Gasteiger charge is -2.05. The Labute approximate surface area is 88.5 Å². The summed E-state index contributed by atoms with van der Waals surface area (Å²) in [6.07, 6.45) is 1.25. The highest BCUT2D eigenvalue weighted by atomic mass is 19.1. The van der Waals surface area contributed by atoms with Crippen LogP contribution in [-0.4, -0.2) is 6.54 Å². The number of benzene rings is 1. The van der Waals surface area contributed by atoms with Gasteiger partial charge in [0.25, 0.3) is 0 Å². The van der Waals surface area contributed by atoms with E-state index >= 15 is 0 Å². The largest absolute Gasteiger partial charge is 0.312 e. The minimum absolute atomic E-state index is 0.340. The monoisotopic (exact) mass is 211 g/mol. The average Bonchev–Trinajstić information content (AvgIpc) is 2.88. The van der Waals surface area contributed by atoms with Gasteiger partial charge in [0.1, 0.15) is 11.6 Å². The molecule has 1 fully saturated rings. The third kappa shape index (κ3) is 2.75. The van der Waals surface area contributed by atoms with Crippen molar-refractivity contribution in [2.75, 3.05) is 6.54 Å². The van der Waals surface area contributed by atoms with Crippen molar-refractivity contribution in [1.82, 2.24) is 5.32 Å². The molecule has 0 radical (unpaired) electrons. The van der Waals surface area contributed by atoms with Crippen molar-refractivity contribution >= 4 is 0 Å². The Morgan fingerprint density at radius 2 is 2.13 bits per heavy atom. The molecular weight excluding hydrogens is 196 g/mol. The first kappa shape index (κ1) is 10.6. The van der Waals surface area contributed by atoms with Crippen LogP contribution in [0.2, 0.25) is 0 Å². The van der Waals surface area contributed by atoms with Crippen molar-refractivity contribution in [2.45, 2.75) is 19.9 Å². The lowest BCUT2D eigenvalue weighted by molar-refractivity contribution is 0.556. The Balaban J connectivity index is 1.84. The maximum absolute atomic E-state index is 13.2. The van der Waals surface area contributed by atoms with Crippen LogP contribution in [0.3, 0.4) is 0 Å². The molecule has 1 aromatic carbocycles. The van der Waals surface area contributed by atoms with E-state index in [1.54, 1.807) is 0 Å². The third-order valence-electron chi connectivity index (χ3n) is 3.01. The van der Waals surface area contributed by atoms with E-state index in [0.29, 0.717) is 12.1 Å². The van der Waals surface area contributed by atoms with Crippen LogP contribution in [0.4, 0.5) is 8.78 Å². The molecule has 2 rings (SSSR count). The number of halogens is 2. The summed E-state index contributed by atoms with van der Waals surface area (Å²) in [5.74, 6) is 0.789. The Morgan fingerprint density at radius 3 is 2.80 bits per heavy atom. The normalized spacial score (nSPS) is 24.2. The van der Waals surface area contributed by atoms with Crippen molar-refractivity contribution in [2.24, 2.45) is 11.8 Å². The molecule has 1 aliphatic rings. The second-order valence-electron chi connectivity index (χ2n) is 4.34. The smallest absolute Gasteiger partial charge is 0.127 e. The second kappa shape index (κ2) is 4.27. The van der Waals surface area contributed by atoms with Gasteiger partial charge in [0.2, 0.25) is 0 Å². The second-order valence-corrected chi connectivity index (χ2v) is 4.34. The van der Waals surface area contributed by atoms with Gasteiger partial charge >= 0.3 is 0 Å². The Kier molecular flexibility index (Phi) is 3.00. The molecule has 0 amide bonds. The lowest BCUT2D eigenvalue weighted by Crippen LogP contribution is -2.17. The SMILES string of the molecule is CC1CC1CNCc1cc(F)ccc1F. The summed E-state index contributed by atoms with van der Waals surface area (Å²) >= 11 is 0. The van der Waals surface area contributed by atoms with Gasteiger partial charge in [-0.25, -0.2) is 8.78 Å². The number of nitrogens with one attached hydrogen (secondary N) is 1. The molecule has 0 aromatic heterocycles. The zero-order chi connectivity index (χ0) is 10.8. The maximum atomic E-state index is 13.2. The fraction of sp³-hybridized carbons (Fsp3) is 0.500. The summed E-state index contributed by atoms with van der Waals surface area (Å²) in [5.41, 5.74) is 0.406. The highest BCUT2D eigenvalue weighted by Crippen LogP contribution is 2.36. The van der Waals surface area contributed by atoms with E-state index in [9.17, 15) is 8.78 Å². The summed E-state index contributed by atoms with van der Waals surface area (Å²) in [6, 6.07) is 3.56. The number of hydrogen-bond acceptors (Lipinski definition) is 1. The standard InChI is InChI=1S/C12H15F2N/c1-8-4-9(8)6-15-7-10-5-11(13)2-3-12(10)14/h2-3,5,8-9,15H,4,6-7H2,1H3. The third-order valence-corrected chi connectivity index (χ3v) is 3.01. The Bertz CT molecular complexity index is 351. The van der Waals surface area contributed by atoms with E-state index in [2.05, 4.69) is 12.2 Å². The molecule has 1 aromatic rings. The Morgan fingerprint density at radius 1 is 1.40 bits per heavy atom. The van der Waals surface area contributed by atoms with Gasteiger partial charge in [0.05, 0.1) is 0 Å². The molecule has 2 unspecified atom stereocenters. The minimum atomic E-state index is -0.381. The van der Waals surface area contributed by atoms with Crippen LogP contribution >= 0.6 is 0 Å². The van der Waals surface area contributed by atoms with Gasteiger partial charge in [-0.3, -0.25) is 0 Å². The van der Waals surface area contributed by atoms with E-state index in [-0.39, 0.29) is 11.6 Å². The molecule has 0 spiro atoms. The molecule has 0 heterocycles. The van der Waals surface area contributed by atoms with Gasteiger partial charge in [0, 0.05) is 12.1 Å². The molecule has 0 aliphatic heterocycles. The molecule has 1 saturated carbocycles. The average molecular weight is 211 g/mol. The first-order valence-corrected chi connectivity index (χ1v) is 5.31. The predicted molar refractivity (Wildman–Crippen MR) is 55.3 cm³/mol. The quantitative estimate of drug-likeness (QED) is 0.807. The first-order valence-electron chi connectivity index (χ1n) is 5.31. The molecule has 0 saturated heterocycles. The van der Waals surface area contributed by atoms with Crippen molar-refractivity contribution in [3.8, 4) is 0 Å². The molecule has 0 bridgehead atoms. The summed E-state index contributed by atoms with van der Waals surface area (Å²) in [5, 5.41) is 3.16. The summed E-state index contributed by atoms with van der Waals surface area (Å²) in [6.45, 7) is 3.51. The molecule has 1 nitrogen and oxygen atoms in total. The van der Waals surface area contributed by atoms with Gasteiger partial charge < -0.3 is 5.32 Å². The first-order chi connectivity index (χ1) is 7.16.